The summed E-state index contributed by atoms with van der Waals surface area (Å²) in [6.45, 7) is 6.76. The molecule has 0 radical (unpaired) electrons. The molecule has 1 aliphatic rings. The molecule has 0 aromatic heterocycles. The molecule has 1 heterocycles. The lowest BCUT2D eigenvalue weighted by Gasteiger charge is -2.40. The number of likely N-dealkylation sites (N-methyl/N-ethyl adjacent to an activating group) is 1. The van der Waals surface area contributed by atoms with Crippen LogP contribution in [0, 0.1) is 5.41 Å². The molecule has 0 aromatic carbocycles. The number of hydrogen-bond acceptors (Lipinski definition) is 3. The van der Waals surface area contributed by atoms with Gasteiger partial charge in [0, 0.05) is 27.2 Å². The standard InChI is InChI=1S/C16H31N3O2/c1-5-8-16(9-7-10-17-13-16)15(21)19(11-6-2)12-14(20)18(3)4/h17H,5-13H2,1-4H3. The number of piperidine rings is 1. The zero-order chi connectivity index (χ0) is 15.9. The minimum Gasteiger partial charge on any atom is -0.347 e. The van der Waals surface area contributed by atoms with Crippen molar-refractivity contribution in [3.05, 3.63) is 0 Å². The molecule has 0 saturated carbocycles. The first-order valence-corrected chi connectivity index (χ1v) is 8.17. The van der Waals surface area contributed by atoms with E-state index in [-0.39, 0.29) is 23.8 Å². The molecule has 5 nitrogen and oxygen atoms in total. The van der Waals surface area contributed by atoms with Crippen LogP contribution in [-0.4, -0.2) is 61.9 Å². The van der Waals surface area contributed by atoms with Crippen LogP contribution in [0.1, 0.15) is 46.0 Å². The highest BCUT2D eigenvalue weighted by atomic mass is 16.2. The molecular weight excluding hydrogens is 266 g/mol. The number of hydrogen-bond donors (Lipinski definition) is 1. The lowest BCUT2D eigenvalue weighted by atomic mass is 9.75. The van der Waals surface area contributed by atoms with Crippen molar-refractivity contribution >= 4 is 11.8 Å². The van der Waals surface area contributed by atoms with E-state index in [4.69, 9.17) is 0 Å². The summed E-state index contributed by atoms with van der Waals surface area (Å²) in [5, 5.41) is 3.37. The zero-order valence-electron chi connectivity index (χ0n) is 14.1. The minimum atomic E-state index is -0.311. The van der Waals surface area contributed by atoms with Gasteiger partial charge in [-0.3, -0.25) is 9.59 Å². The molecule has 0 bridgehead atoms. The molecule has 0 aliphatic carbocycles. The van der Waals surface area contributed by atoms with Crippen LogP contribution in [0.2, 0.25) is 0 Å². The first-order chi connectivity index (χ1) is 9.96. The first kappa shape index (κ1) is 18.0. The third-order valence-electron chi connectivity index (χ3n) is 4.26. The topological polar surface area (TPSA) is 52.7 Å². The summed E-state index contributed by atoms with van der Waals surface area (Å²) < 4.78 is 0. The lowest BCUT2D eigenvalue weighted by Crippen LogP contribution is -2.53. The van der Waals surface area contributed by atoms with Crippen LogP contribution >= 0.6 is 0 Å². The van der Waals surface area contributed by atoms with Gasteiger partial charge in [0.05, 0.1) is 12.0 Å². The van der Waals surface area contributed by atoms with Gasteiger partial charge in [0.15, 0.2) is 0 Å². The molecule has 1 unspecified atom stereocenters. The van der Waals surface area contributed by atoms with Gasteiger partial charge < -0.3 is 15.1 Å². The van der Waals surface area contributed by atoms with Crippen LogP contribution in [0.15, 0.2) is 0 Å². The summed E-state index contributed by atoms with van der Waals surface area (Å²) in [4.78, 5) is 28.4. The molecule has 1 aliphatic heterocycles. The number of carbonyl (C=O) groups is 2. The summed E-state index contributed by atoms with van der Waals surface area (Å²) >= 11 is 0. The van der Waals surface area contributed by atoms with Gasteiger partial charge in [-0.1, -0.05) is 20.3 Å². The Balaban J connectivity index is 2.87. The second-order valence-electron chi connectivity index (χ2n) is 6.33. The maximum absolute atomic E-state index is 13.1. The molecule has 2 amide bonds. The largest absolute Gasteiger partial charge is 0.347 e. The Morgan fingerprint density at radius 2 is 1.90 bits per heavy atom. The Kier molecular flexibility index (Phi) is 7.15. The molecular formula is C16H31N3O2. The highest BCUT2D eigenvalue weighted by Crippen LogP contribution is 2.34. The van der Waals surface area contributed by atoms with Crippen molar-refractivity contribution in [2.24, 2.45) is 5.41 Å². The maximum Gasteiger partial charge on any atom is 0.241 e. The summed E-state index contributed by atoms with van der Waals surface area (Å²) in [7, 11) is 3.47. The van der Waals surface area contributed by atoms with E-state index >= 15 is 0 Å². The molecule has 0 spiro atoms. The quantitative estimate of drug-likeness (QED) is 0.774. The smallest absolute Gasteiger partial charge is 0.241 e. The van der Waals surface area contributed by atoms with Crippen molar-refractivity contribution in [3.63, 3.8) is 0 Å². The normalized spacial score (nSPS) is 21.9. The number of rotatable bonds is 7. The summed E-state index contributed by atoms with van der Waals surface area (Å²) in [5.74, 6) is 0.154. The first-order valence-electron chi connectivity index (χ1n) is 8.17. The average molecular weight is 297 g/mol. The number of nitrogens with zero attached hydrogens (tertiary/aromatic N) is 2. The highest BCUT2D eigenvalue weighted by Gasteiger charge is 2.41. The summed E-state index contributed by atoms with van der Waals surface area (Å²) in [6.07, 6.45) is 4.74. The Hall–Kier alpha value is -1.10. The van der Waals surface area contributed by atoms with Crippen LogP contribution in [0.25, 0.3) is 0 Å². The van der Waals surface area contributed by atoms with Crippen molar-refractivity contribution in [2.75, 3.05) is 40.3 Å². The number of carbonyl (C=O) groups excluding carboxylic acids is 2. The van der Waals surface area contributed by atoms with Crippen LogP contribution < -0.4 is 5.32 Å². The molecule has 1 fully saturated rings. The van der Waals surface area contributed by atoms with Gasteiger partial charge >= 0.3 is 0 Å². The third kappa shape index (κ3) is 4.70. The summed E-state index contributed by atoms with van der Waals surface area (Å²) in [5.41, 5.74) is -0.311. The van der Waals surface area contributed by atoms with Gasteiger partial charge in [0.1, 0.15) is 0 Å². The molecule has 1 rings (SSSR count). The van der Waals surface area contributed by atoms with E-state index in [1.165, 1.54) is 0 Å². The lowest BCUT2D eigenvalue weighted by molar-refractivity contribution is -0.148. The molecule has 1 atom stereocenters. The molecule has 0 aromatic rings. The Morgan fingerprint density at radius 3 is 2.38 bits per heavy atom. The maximum atomic E-state index is 13.1. The van der Waals surface area contributed by atoms with Crippen molar-refractivity contribution in [1.82, 2.24) is 15.1 Å². The van der Waals surface area contributed by atoms with Gasteiger partial charge in [0.2, 0.25) is 11.8 Å². The SMILES string of the molecule is CCCN(CC(=O)N(C)C)C(=O)C1(CCC)CCCNC1. The van der Waals surface area contributed by atoms with E-state index in [2.05, 4.69) is 12.2 Å². The molecule has 1 N–H and O–H groups in total. The van der Waals surface area contributed by atoms with E-state index < -0.39 is 0 Å². The van der Waals surface area contributed by atoms with Gasteiger partial charge in [-0.2, -0.15) is 0 Å². The highest BCUT2D eigenvalue weighted by molar-refractivity contribution is 5.88. The summed E-state index contributed by atoms with van der Waals surface area (Å²) in [6, 6.07) is 0. The van der Waals surface area contributed by atoms with Gasteiger partial charge in [-0.15, -0.1) is 0 Å². The van der Waals surface area contributed by atoms with Crippen LogP contribution in [0.4, 0.5) is 0 Å². The predicted octanol–water partition coefficient (Wildman–Crippen LogP) is 1.48. The average Bonchev–Trinajstić information content (AvgIpc) is 2.47. The third-order valence-corrected chi connectivity index (χ3v) is 4.26. The van der Waals surface area contributed by atoms with Crippen LogP contribution in [0.5, 0.6) is 0 Å². The van der Waals surface area contributed by atoms with Crippen molar-refractivity contribution < 1.29 is 9.59 Å². The van der Waals surface area contributed by atoms with E-state index in [1.54, 1.807) is 23.9 Å². The van der Waals surface area contributed by atoms with E-state index in [9.17, 15) is 9.59 Å². The van der Waals surface area contributed by atoms with Gasteiger partial charge in [-0.05, 0) is 32.2 Å². The molecule has 21 heavy (non-hydrogen) atoms. The predicted molar refractivity (Wildman–Crippen MR) is 85.0 cm³/mol. The second-order valence-corrected chi connectivity index (χ2v) is 6.33. The minimum absolute atomic E-state index is 0.00721. The monoisotopic (exact) mass is 297 g/mol. The van der Waals surface area contributed by atoms with E-state index in [0.29, 0.717) is 6.54 Å². The van der Waals surface area contributed by atoms with Crippen molar-refractivity contribution in [2.45, 2.75) is 46.0 Å². The van der Waals surface area contributed by atoms with Crippen molar-refractivity contribution in [1.29, 1.82) is 0 Å². The fourth-order valence-corrected chi connectivity index (χ4v) is 3.11. The molecule has 1 saturated heterocycles. The zero-order valence-corrected chi connectivity index (χ0v) is 14.1. The van der Waals surface area contributed by atoms with Crippen LogP contribution in [-0.2, 0) is 9.59 Å². The molecule has 5 heteroatoms. The van der Waals surface area contributed by atoms with E-state index in [1.807, 2.05) is 6.92 Å². The van der Waals surface area contributed by atoms with Gasteiger partial charge in [-0.25, -0.2) is 0 Å². The fraction of sp³-hybridized carbons (Fsp3) is 0.875. The Morgan fingerprint density at radius 1 is 1.19 bits per heavy atom. The second kappa shape index (κ2) is 8.37. The number of nitrogens with one attached hydrogen (secondary N) is 1. The fourth-order valence-electron chi connectivity index (χ4n) is 3.11. The number of amides is 2. The van der Waals surface area contributed by atoms with Crippen molar-refractivity contribution in [3.8, 4) is 0 Å². The Bertz CT molecular complexity index is 344. The van der Waals surface area contributed by atoms with Crippen LogP contribution in [0.3, 0.4) is 0 Å². The van der Waals surface area contributed by atoms with Gasteiger partial charge in [0.25, 0.3) is 0 Å². The Labute approximate surface area is 129 Å². The van der Waals surface area contributed by atoms with E-state index in [0.717, 1.165) is 45.2 Å². The molecule has 122 valence electrons.